The Bertz CT molecular complexity index is 1180. The van der Waals surface area contributed by atoms with Crippen molar-refractivity contribution in [1.29, 1.82) is 0 Å². The highest BCUT2D eigenvalue weighted by Crippen LogP contribution is 2.42. The molecule has 0 N–H and O–H groups in total. The molecule has 1 amide bonds. The first kappa shape index (κ1) is 27.4. The van der Waals surface area contributed by atoms with Crippen molar-refractivity contribution < 1.29 is 32.2 Å². The summed E-state index contributed by atoms with van der Waals surface area (Å²) in [6.07, 6.45) is -3.09. The first-order chi connectivity index (χ1) is 17.3. The molecular weight excluding hydrogens is 511 g/mol. The minimum absolute atomic E-state index is 0.0152. The molecule has 37 heavy (non-hydrogen) atoms. The number of carbonyl (C=O) groups excluding carboxylic acids is 2. The fourth-order valence-electron chi connectivity index (χ4n) is 4.79. The Kier molecular flexibility index (Phi) is 7.63. The van der Waals surface area contributed by atoms with Crippen molar-refractivity contribution in [1.82, 2.24) is 14.7 Å². The highest BCUT2D eigenvalue weighted by molar-refractivity contribution is 6.32. The summed E-state index contributed by atoms with van der Waals surface area (Å²) in [6.45, 7) is 6.38. The van der Waals surface area contributed by atoms with Gasteiger partial charge in [-0.2, -0.15) is 18.3 Å². The highest BCUT2D eigenvalue weighted by atomic mass is 35.5. The highest BCUT2D eigenvalue weighted by Gasteiger charge is 2.43. The van der Waals surface area contributed by atoms with Crippen LogP contribution in [0.2, 0.25) is 5.02 Å². The van der Waals surface area contributed by atoms with Gasteiger partial charge in [0.15, 0.2) is 0 Å². The number of likely N-dealkylation sites (tertiary alicyclic amines) is 1. The van der Waals surface area contributed by atoms with Gasteiger partial charge in [-0.05, 0) is 57.2 Å². The van der Waals surface area contributed by atoms with Crippen LogP contribution in [0.3, 0.4) is 0 Å². The Morgan fingerprint density at radius 1 is 1.19 bits per heavy atom. The quantitative estimate of drug-likeness (QED) is 0.416. The number of ether oxygens (including phenoxy) is 2. The summed E-state index contributed by atoms with van der Waals surface area (Å²) < 4.78 is 53.4. The molecule has 11 heteroatoms. The van der Waals surface area contributed by atoms with E-state index in [1.807, 2.05) is 19.1 Å². The van der Waals surface area contributed by atoms with Crippen LogP contribution < -0.4 is 0 Å². The number of halogens is 4. The third-order valence-electron chi connectivity index (χ3n) is 6.64. The Balaban J connectivity index is 1.61. The average Bonchev–Trinajstić information content (AvgIpc) is 3.40. The second kappa shape index (κ2) is 10.3. The van der Waals surface area contributed by atoms with Gasteiger partial charge < -0.3 is 14.4 Å². The van der Waals surface area contributed by atoms with E-state index < -0.39 is 48.0 Å². The topological polar surface area (TPSA) is 73.7 Å². The lowest BCUT2D eigenvalue weighted by Crippen LogP contribution is -2.39. The van der Waals surface area contributed by atoms with E-state index >= 15 is 0 Å². The van der Waals surface area contributed by atoms with Gasteiger partial charge >= 0.3 is 12.1 Å². The summed E-state index contributed by atoms with van der Waals surface area (Å²) in [5.74, 6) is -0.939. The predicted octanol–water partition coefficient (Wildman–Crippen LogP) is 5.44. The molecule has 1 saturated heterocycles. The lowest BCUT2D eigenvalue weighted by atomic mass is 9.99. The van der Waals surface area contributed by atoms with Crippen LogP contribution in [-0.4, -0.2) is 51.4 Å². The lowest BCUT2D eigenvalue weighted by molar-refractivity contribution is -0.162. The zero-order valence-corrected chi connectivity index (χ0v) is 22.0. The van der Waals surface area contributed by atoms with Crippen LogP contribution in [0.15, 0.2) is 24.3 Å². The van der Waals surface area contributed by atoms with Gasteiger partial charge in [0, 0.05) is 24.4 Å². The number of rotatable bonds is 8. The first-order valence-corrected chi connectivity index (χ1v) is 12.7. The third kappa shape index (κ3) is 6.29. The molecule has 1 aromatic carbocycles. The maximum atomic E-state index is 13.7. The Labute approximate surface area is 218 Å². The Morgan fingerprint density at radius 2 is 1.89 bits per heavy atom. The second-order valence-electron chi connectivity index (χ2n) is 10.4. The number of hydrogen-bond acceptors (Lipinski definition) is 5. The van der Waals surface area contributed by atoms with E-state index in [9.17, 15) is 22.8 Å². The van der Waals surface area contributed by atoms with E-state index in [1.54, 1.807) is 19.9 Å². The zero-order valence-electron chi connectivity index (χ0n) is 21.3. The van der Waals surface area contributed by atoms with Crippen molar-refractivity contribution in [2.45, 2.75) is 83.3 Å². The monoisotopic (exact) mass is 541 g/mol. The molecule has 1 saturated carbocycles. The number of esters is 1. The number of aryl methyl sites for hydroxylation is 1. The van der Waals surface area contributed by atoms with E-state index in [-0.39, 0.29) is 19.1 Å². The van der Waals surface area contributed by atoms with E-state index in [0.717, 1.165) is 29.2 Å². The molecule has 2 atom stereocenters. The van der Waals surface area contributed by atoms with Gasteiger partial charge in [-0.25, -0.2) is 0 Å². The van der Waals surface area contributed by atoms with E-state index in [4.69, 9.17) is 21.1 Å². The summed E-state index contributed by atoms with van der Waals surface area (Å²) in [4.78, 5) is 26.5. The summed E-state index contributed by atoms with van der Waals surface area (Å²) in [7, 11) is 0. The number of carbonyl (C=O) groups is 2. The van der Waals surface area contributed by atoms with Crippen molar-refractivity contribution >= 4 is 23.5 Å². The molecule has 0 unspecified atom stereocenters. The minimum Gasteiger partial charge on any atom is -0.457 e. The van der Waals surface area contributed by atoms with Gasteiger partial charge in [0.2, 0.25) is 5.91 Å². The Hall–Kier alpha value is -2.59. The maximum absolute atomic E-state index is 13.7. The molecular formula is C26H31ClF3N3O4. The number of amides is 1. The van der Waals surface area contributed by atoms with Crippen LogP contribution >= 0.6 is 11.6 Å². The van der Waals surface area contributed by atoms with Crippen molar-refractivity contribution in [2.75, 3.05) is 13.2 Å². The van der Waals surface area contributed by atoms with E-state index in [2.05, 4.69) is 5.10 Å². The molecule has 1 aliphatic carbocycles. The molecule has 1 aliphatic heterocycles. The second-order valence-corrected chi connectivity index (χ2v) is 10.8. The van der Waals surface area contributed by atoms with Crippen molar-refractivity contribution in [2.24, 2.45) is 0 Å². The average molecular weight is 542 g/mol. The molecule has 1 aromatic heterocycles. The largest absolute Gasteiger partial charge is 0.457 e. The first-order valence-electron chi connectivity index (χ1n) is 12.3. The van der Waals surface area contributed by atoms with Crippen LogP contribution in [-0.2, 0) is 31.8 Å². The van der Waals surface area contributed by atoms with Crippen molar-refractivity contribution in [3.8, 4) is 0 Å². The molecule has 4 rings (SSSR count). The Morgan fingerprint density at radius 3 is 2.51 bits per heavy atom. The molecule has 7 nitrogen and oxygen atoms in total. The van der Waals surface area contributed by atoms with Gasteiger partial charge in [-0.1, -0.05) is 29.8 Å². The predicted molar refractivity (Wildman–Crippen MR) is 130 cm³/mol. The van der Waals surface area contributed by atoms with Gasteiger partial charge in [-0.3, -0.25) is 14.3 Å². The summed E-state index contributed by atoms with van der Waals surface area (Å²) >= 11 is 6.63. The molecule has 2 aromatic rings. The number of nitrogens with zero attached hydrogens (tertiary/aromatic N) is 3. The summed E-state index contributed by atoms with van der Waals surface area (Å²) in [6, 6.07) is 5.87. The fraction of sp³-hybridized carbons (Fsp3) is 0.577. The minimum atomic E-state index is -4.63. The number of aromatic nitrogens is 2. The van der Waals surface area contributed by atoms with Crippen LogP contribution in [0.1, 0.15) is 74.5 Å². The van der Waals surface area contributed by atoms with Crippen LogP contribution in [0.25, 0.3) is 0 Å². The maximum Gasteiger partial charge on any atom is 0.433 e. The van der Waals surface area contributed by atoms with Crippen molar-refractivity contribution in [3.63, 3.8) is 0 Å². The van der Waals surface area contributed by atoms with Crippen molar-refractivity contribution in [3.05, 3.63) is 51.8 Å². The molecule has 0 radical (unpaired) electrons. The summed E-state index contributed by atoms with van der Waals surface area (Å²) in [5.41, 5.74) is -0.00666. The SMILES string of the molecule is CC(=O)OC(C)(C)CO[C@@H]1CCN(C(=O)Cn2nc(C3CC3)cc2C(F)(F)F)[C@@H]1c1cccc(C)c1Cl. The number of alkyl halides is 3. The molecule has 2 aliphatic rings. The standard InChI is InChI=1S/C26H31ClF3N3O4/c1-15-6-5-7-18(23(15)27)24-20(36-14-25(3,4)37-16(2)34)10-11-32(24)22(35)13-33-21(26(28,29)30)12-19(31-33)17-8-9-17/h5-7,12,17,20,24H,8-11,13-14H2,1-4H3/t20-,24-/m1/s1. The van der Waals surface area contributed by atoms with Crippen LogP contribution in [0.5, 0.6) is 0 Å². The molecule has 0 spiro atoms. The molecule has 2 fully saturated rings. The van der Waals surface area contributed by atoms with Gasteiger partial charge in [-0.15, -0.1) is 0 Å². The van der Waals surface area contributed by atoms with Gasteiger partial charge in [0.25, 0.3) is 0 Å². The molecule has 202 valence electrons. The van der Waals surface area contributed by atoms with Crippen LogP contribution in [0, 0.1) is 6.92 Å². The zero-order chi connectivity index (χ0) is 27.1. The normalized spacial score (nSPS) is 20.4. The number of hydrogen-bond donors (Lipinski definition) is 0. The van der Waals surface area contributed by atoms with Crippen LogP contribution in [0.4, 0.5) is 13.2 Å². The smallest absolute Gasteiger partial charge is 0.433 e. The molecule has 0 bridgehead atoms. The van der Waals surface area contributed by atoms with Gasteiger partial charge in [0.1, 0.15) is 17.8 Å². The van der Waals surface area contributed by atoms with E-state index in [1.165, 1.54) is 11.8 Å². The molecule has 2 heterocycles. The fourth-order valence-corrected chi connectivity index (χ4v) is 5.03. The van der Waals surface area contributed by atoms with E-state index in [0.29, 0.717) is 22.7 Å². The summed E-state index contributed by atoms with van der Waals surface area (Å²) in [5, 5.41) is 4.60. The van der Waals surface area contributed by atoms with Gasteiger partial charge in [0.05, 0.1) is 24.4 Å². The third-order valence-corrected chi connectivity index (χ3v) is 7.15. The lowest BCUT2D eigenvalue weighted by Gasteiger charge is -2.32. The number of benzene rings is 1.